The minimum absolute atomic E-state index is 0.142. The lowest BCUT2D eigenvalue weighted by molar-refractivity contribution is -0.134. The number of fused-ring (bicyclic) bond motifs is 2. The highest BCUT2D eigenvalue weighted by atomic mass is 16.4. The van der Waals surface area contributed by atoms with Crippen LogP contribution in [0.2, 0.25) is 0 Å². The van der Waals surface area contributed by atoms with Gasteiger partial charge in [0.1, 0.15) is 0 Å². The van der Waals surface area contributed by atoms with Gasteiger partial charge in [-0.3, -0.25) is 4.98 Å². The zero-order valence-corrected chi connectivity index (χ0v) is 26.3. The van der Waals surface area contributed by atoms with E-state index in [0.29, 0.717) is 27.6 Å². The van der Waals surface area contributed by atoms with Crippen LogP contribution >= 0.6 is 0 Å². The second-order valence-corrected chi connectivity index (χ2v) is 16.1. The van der Waals surface area contributed by atoms with E-state index in [2.05, 4.69) is 59.5 Å². The molecule has 0 saturated heterocycles. The summed E-state index contributed by atoms with van der Waals surface area (Å²) in [7, 11) is 0. The van der Waals surface area contributed by atoms with E-state index in [1.807, 2.05) is 0 Å². The molecule has 1 aromatic rings. The van der Waals surface area contributed by atoms with E-state index in [-0.39, 0.29) is 11.0 Å². The van der Waals surface area contributed by atoms with Gasteiger partial charge in [-0.15, -0.1) is 0 Å². The second kappa shape index (κ2) is 10.2. The van der Waals surface area contributed by atoms with Gasteiger partial charge in [0.05, 0.1) is 11.3 Å². The van der Waals surface area contributed by atoms with Crippen molar-refractivity contribution in [2.75, 3.05) is 0 Å². The minimum Gasteiger partial charge on any atom is -0.512 e. The lowest BCUT2D eigenvalue weighted by Crippen LogP contribution is -2.56. The van der Waals surface area contributed by atoms with E-state index in [4.69, 9.17) is 5.11 Å². The molecule has 0 radical (unpaired) electrons. The van der Waals surface area contributed by atoms with Gasteiger partial charge in [-0.05, 0) is 121 Å². The van der Waals surface area contributed by atoms with Crippen molar-refractivity contribution in [2.24, 2.45) is 56.7 Å². The molecule has 5 aliphatic carbocycles. The Morgan fingerprint density at radius 3 is 2.35 bits per heavy atom. The van der Waals surface area contributed by atoms with Crippen LogP contribution in [0.25, 0.3) is 0 Å². The maximum absolute atomic E-state index is 11.3. The first-order valence-corrected chi connectivity index (χ1v) is 16.3. The molecule has 1 heterocycles. The zero-order chi connectivity index (χ0) is 29.1. The molecule has 0 unspecified atom stereocenters. The third-order valence-electron chi connectivity index (χ3n) is 13.6. The SMILES string of the molecule is CC(C)CCC[C@@H](C)[C@H]1CC[C@@]2(C)[C@@H]3CC[C@H]4C(C)(C)CC=C(O)[C@@]45C[C@@]35CC[C@]12C.O=C(O)c1cccnc1. The lowest BCUT2D eigenvalue weighted by Gasteiger charge is -2.62. The van der Waals surface area contributed by atoms with Crippen LogP contribution in [0, 0.1) is 56.7 Å². The molecule has 5 aliphatic rings. The minimum atomic E-state index is -0.942. The van der Waals surface area contributed by atoms with Crippen molar-refractivity contribution in [3.63, 3.8) is 0 Å². The Morgan fingerprint density at radius 1 is 1.00 bits per heavy atom. The maximum atomic E-state index is 11.3. The quantitative estimate of drug-likeness (QED) is 0.370. The molecule has 0 aliphatic heterocycles. The van der Waals surface area contributed by atoms with Gasteiger partial charge in [0.2, 0.25) is 0 Å². The summed E-state index contributed by atoms with van der Waals surface area (Å²) in [5.41, 5.74) is 2.10. The molecule has 4 fully saturated rings. The van der Waals surface area contributed by atoms with Crippen molar-refractivity contribution < 1.29 is 15.0 Å². The molecule has 6 rings (SSSR count). The standard InChI is InChI=1S/C30H50O.C6H5NO2/c1-20(2)9-8-10-21(3)22-13-16-28(7)24-12-11-23-26(4,5)15-14-25(31)30(23)19-29(24,30)18-17-27(22,28)6;8-6(9)5-2-1-3-7-4-5/h14,20-24,31H,8-13,15-19H2,1-7H3;1-4H,(H,8,9)/t21-,22-,23+,24+,27-,28+,29+,30-;/m1./s1. The molecule has 2 N–H and O–H groups in total. The van der Waals surface area contributed by atoms with Gasteiger partial charge in [0.25, 0.3) is 0 Å². The topological polar surface area (TPSA) is 70.4 Å². The molecule has 8 atom stereocenters. The number of pyridine rings is 1. The first-order chi connectivity index (χ1) is 18.8. The number of rotatable bonds is 6. The summed E-state index contributed by atoms with van der Waals surface area (Å²) in [6.07, 6.45) is 20.1. The summed E-state index contributed by atoms with van der Waals surface area (Å²) in [5, 5.41) is 19.6. The molecule has 4 heteroatoms. The Hall–Kier alpha value is -1.84. The average molecular weight is 550 g/mol. The van der Waals surface area contributed by atoms with Crippen LogP contribution in [-0.2, 0) is 0 Å². The molecule has 0 amide bonds. The Morgan fingerprint density at radius 2 is 1.73 bits per heavy atom. The normalized spacial score (nSPS) is 41.3. The number of aromatic nitrogens is 1. The Balaban J connectivity index is 0.000000306. The van der Waals surface area contributed by atoms with Crippen molar-refractivity contribution in [1.82, 2.24) is 4.98 Å². The summed E-state index contributed by atoms with van der Waals surface area (Å²) in [4.78, 5) is 13.8. The van der Waals surface area contributed by atoms with Gasteiger partial charge in [-0.1, -0.05) is 67.7 Å². The highest BCUT2D eigenvalue weighted by Crippen LogP contribution is 2.89. The first-order valence-electron chi connectivity index (χ1n) is 16.3. The fourth-order valence-electron chi connectivity index (χ4n) is 11.4. The number of hydrogen-bond acceptors (Lipinski definition) is 3. The molecular weight excluding hydrogens is 494 g/mol. The Labute approximate surface area is 243 Å². The second-order valence-electron chi connectivity index (χ2n) is 16.1. The van der Waals surface area contributed by atoms with Crippen LogP contribution < -0.4 is 0 Å². The van der Waals surface area contributed by atoms with E-state index in [1.54, 1.807) is 6.07 Å². The van der Waals surface area contributed by atoms with Gasteiger partial charge < -0.3 is 10.2 Å². The molecular formula is C36H55NO3. The summed E-state index contributed by atoms with van der Waals surface area (Å²) in [6, 6.07) is 3.08. The lowest BCUT2D eigenvalue weighted by atomic mass is 9.42. The summed E-state index contributed by atoms with van der Waals surface area (Å²) in [6.45, 7) is 17.7. The molecule has 0 aromatic carbocycles. The number of carboxylic acid groups (broad SMARTS) is 1. The highest BCUT2D eigenvalue weighted by molar-refractivity contribution is 5.86. The van der Waals surface area contributed by atoms with E-state index < -0.39 is 5.97 Å². The average Bonchev–Trinajstić information content (AvgIpc) is 3.51. The van der Waals surface area contributed by atoms with Crippen molar-refractivity contribution >= 4 is 5.97 Å². The molecule has 1 aromatic heterocycles. The molecule has 4 saturated carbocycles. The third-order valence-corrected chi connectivity index (χ3v) is 13.6. The zero-order valence-electron chi connectivity index (χ0n) is 26.3. The van der Waals surface area contributed by atoms with Crippen LogP contribution in [0.3, 0.4) is 0 Å². The predicted molar refractivity (Wildman–Crippen MR) is 162 cm³/mol. The highest BCUT2D eigenvalue weighted by Gasteiger charge is 2.83. The van der Waals surface area contributed by atoms with E-state index in [1.165, 1.54) is 82.7 Å². The number of carboxylic acids is 1. The first kappa shape index (κ1) is 29.6. The monoisotopic (exact) mass is 549 g/mol. The van der Waals surface area contributed by atoms with E-state index in [9.17, 15) is 9.90 Å². The summed E-state index contributed by atoms with van der Waals surface area (Å²) < 4.78 is 0. The number of nitrogens with zero attached hydrogens (tertiary/aromatic N) is 1. The Bertz CT molecular complexity index is 1130. The largest absolute Gasteiger partial charge is 0.512 e. The van der Waals surface area contributed by atoms with Crippen LogP contribution in [0.1, 0.15) is 129 Å². The van der Waals surface area contributed by atoms with Crippen molar-refractivity contribution in [1.29, 1.82) is 0 Å². The molecule has 2 spiro atoms. The van der Waals surface area contributed by atoms with Crippen LogP contribution in [-0.4, -0.2) is 21.2 Å². The van der Waals surface area contributed by atoms with Gasteiger partial charge in [-0.25, -0.2) is 4.79 Å². The molecule has 222 valence electrons. The third kappa shape index (κ3) is 4.28. The number of aliphatic hydroxyl groups is 1. The van der Waals surface area contributed by atoms with Crippen LogP contribution in [0.5, 0.6) is 0 Å². The van der Waals surface area contributed by atoms with Gasteiger partial charge in [0, 0.05) is 17.8 Å². The smallest absolute Gasteiger partial charge is 0.337 e. The molecule has 4 nitrogen and oxygen atoms in total. The van der Waals surface area contributed by atoms with Crippen molar-refractivity contribution in [3.8, 4) is 0 Å². The van der Waals surface area contributed by atoms with Gasteiger partial charge in [0.15, 0.2) is 0 Å². The maximum Gasteiger partial charge on any atom is 0.337 e. The van der Waals surface area contributed by atoms with Crippen LogP contribution in [0.4, 0.5) is 0 Å². The van der Waals surface area contributed by atoms with Crippen molar-refractivity contribution in [3.05, 3.63) is 41.9 Å². The number of allylic oxidation sites excluding steroid dienone is 2. The molecule has 0 bridgehead atoms. The Kier molecular flexibility index (Phi) is 7.53. The van der Waals surface area contributed by atoms with E-state index >= 15 is 0 Å². The number of carbonyl (C=O) groups is 1. The predicted octanol–water partition coefficient (Wildman–Crippen LogP) is 9.72. The number of aliphatic hydroxyl groups excluding tert-OH is 1. The summed E-state index contributed by atoms with van der Waals surface area (Å²) in [5.74, 6) is 4.00. The fraction of sp³-hybridized carbons (Fsp3) is 0.778. The fourth-order valence-corrected chi connectivity index (χ4v) is 11.4. The van der Waals surface area contributed by atoms with Gasteiger partial charge >= 0.3 is 5.97 Å². The van der Waals surface area contributed by atoms with Gasteiger partial charge in [-0.2, -0.15) is 0 Å². The van der Waals surface area contributed by atoms with E-state index in [0.717, 1.165) is 35.9 Å². The number of aromatic carboxylic acids is 1. The molecule has 40 heavy (non-hydrogen) atoms. The number of hydrogen-bond donors (Lipinski definition) is 2. The summed E-state index contributed by atoms with van der Waals surface area (Å²) >= 11 is 0. The van der Waals surface area contributed by atoms with Crippen molar-refractivity contribution in [2.45, 2.75) is 119 Å². The van der Waals surface area contributed by atoms with Crippen LogP contribution in [0.15, 0.2) is 36.4 Å².